The van der Waals surface area contributed by atoms with Crippen molar-refractivity contribution in [1.82, 2.24) is 9.03 Å². The first-order valence-corrected chi connectivity index (χ1v) is 7.58. The first kappa shape index (κ1) is 18.4. The molecule has 118 valence electrons. The highest BCUT2D eigenvalue weighted by Crippen LogP contribution is 2.06. The molecular formula is C10H22N4O5S. The number of nitrogens with zero attached hydrogens (tertiary/aromatic N) is 2. The molecule has 1 amide bonds. The lowest BCUT2D eigenvalue weighted by molar-refractivity contribution is 0.158. The van der Waals surface area contributed by atoms with Crippen LogP contribution in [0.25, 0.3) is 0 Å². The SMILES string of the molecule is CCOC(=O)NS(=O)(=O)N(CCC(N)=NO)CC(C)C. The normalized spacial score (nSPS) is 12.8. The van der Waals surface area contributed by atoms with Crippen molar-refractivity contribution in [2.24, 2.45) is 16.8 Å². The van der Waals surface area contributed by atoms with Gasteiger partial charge < -0.3 is 15.7 Å². The first-order chi connectivity index (χ1) is 9.22. The monoisotopic (exact) mass is 310 g/mol. The Morgan fingerprint density at radius 3 is 2.55 bits per heavy atom. The van der Waals surface area contributed by atoms with Crippen LogP contribution in [0.3, 0.4) is 0 Å². The summed E-state index contributed by atoms with van der Waals surface area (Å²) < 4.78 is 31.4. The van der Waals surface area contributed by atoms with E-state index < -0.39 is 16.3 Å². The molecule has 4 N–H and O–H groups in total. The maximum atomic E-state index is 12.0. The average molecular weight is 310 g/mol. The number of nitrogens with one attached hydrogen (secondary N) is 1. The molecule has 9 nitrogen and oxygen atoms in total. The molecule has 0 radical (unpaired) electrons. The van der Waals surface area contributed by atoms with Crippen LogP contribution in [0, 0.1) is 5.92 Å². The summed E-state index contributed by atoms with van der Waals surface area (Å²) in [6.45, 7) is 5.47. The fourth-order valence-electron chi connectivity index (χ4n) is 1.34. The Kier molecular flexibility index (Phi) is 7.92. The predicted molar refractivity (Wildman–Crippen MR) is 73.5 cm³/mol. The van der Waals surface area contributed by atoms with Gasteiger partial charge in [0, 0.05) is 19.5 Å². The van der Waals surface area contributed by atoms with Crippen molar-refractivity contribution in [3.63, 3.8) is 0 Å². The maximum absolute atomic E-state index is 12.0. The van der Waals surface area contributed by atoms with E-state index in [0.29, 0.717) is 0 Å². The van der Waals surface area contributed by atoms with Gasteiger partial charge in [-0.2, -0.15) is 12.7 Å². The van der Waals surface area contributed by atoms with Crippen LogP contribution >= 0.6 is 0 Å². The van der Waals surface area contributed by atoms with E-state index in [1.54, 1.807) is 11.6 Å². The van der Waals surface area contributed by atoms with E-state index in [-0.39, 0.29) is 37.9 Å². The molecule has 0 rings (SSSR count). The zero-order valence-electron chi connectivity index (χ0n) is 11.9. The van der Waals surface area contributed by atoms with E-state index in [4.69, 9.17) is 10.9 Å². The third-order valence-corrected chi connectivity index (χ3v) is 3.58. The van der Waals surface area contributed by atoms with Crippen LogP contribution in [-0.4, -0.2) is 49.6 Å². The lowest BCUT2D eigenvalue weighted by Crippen LogP contribution is -2.46. The summed E-state index contributed by atoms with van der Waals surface area (Å²) in [6.07, 6.45) is -0.988. The standard InChI is InChI=1S/C10H22N4O5S/c1-4-19-10(15)13-20(17,18)14(7-8(2)3)6-5-9(11)12-16/h8,16H,4-7H2,1-3H3,(H2,11,12)(H,13,15). The van der Waals surface area contributed by atoms with Gasteiger partial charge in [-0.05, 0) is 12.8 Å². The van der Waals surface area contributed by atoms with Crippen LogP contribution in [0.4, 0.5) is 4.79 Å². The van der Waals surface area contributed by atoms with Crippen molar-refractivity contribution in [2.45, 2.75) is 27.2 Å². The zero-order valence-corrected chi connectivity index (χ0v) is 12.7. The highest BCUT2D eigenvalue weighted by atomic mass is 32.2. The molecule has 0 saturated heterocycles. The minimum Gasteiger partial charge on any atom is -0.449 e. The molecule has 0 spiro atoms. The largest absolute Gasteiger partial charge is 0.449 e. The van der Waals surface area contributed by atoms with Gasteiger partial charge in [0.2, 0.25) is 0 Å². The third kappa shape index (κ3) is 7.14. The Bertz CT molecular complexity index is 435. The number of hydrogen-bond donors (Lipinski definition) is 3. The number of hydrogen-bond acceptors (Lipinski definition) is 6. The molecule has 0 heterocycles. The number of ether oxygens (including phenoxy) is 1. The summed E-state index contributed by atoms with van der Waals surface area (Å²) in [6, 6.07) is 0. The summed E-state index contributed by atoms with van der Waals surface area (Å²) in [5.41, 5.74) is 5.31. The quantitative estimate of drug-likeness (QED) is 0.251. The van der Waals surface area contributed by atoms with Crippen LogP contribution in [0.15, 0.2) is 5.16 Å². The Labute approximate surface area is 118 Å². The smallest absolute Gasteiger partial charge is 0.421 e. The summed E-state index contributed by atoms with van der Waals surface area (Å²) in [7, 11) is -4.03. The number of nitrogens with two attached hydrogens (primary N) is 1. The average Bonchev–Trinajstić information content (AvgIpc) is 2.32. The van der Waals surface area contributed by atoms with Crippen molar-refractivity contribution >= 4 is 22.1 Å². The molecule has 0 atom stereocenters. The number of rotatable bonds is 8. The summed E-state index contributed by atoms with van der Waals surface area (Å²) >= 11 is 0. The lowest BCUT2D eigenvalue weighted by atomic mass is 10.2. The predicted octanol–water partition coefficient (Wildman–Crippen LogP) is 0.0718. The van der Waals surface area contributed by atoms with E-state index >= 15 is 0 Å². The second-order valence-electron chi connectivity index (χ2n) is 4.42. The van der Waals surface area contributed by atoms with Crippen molar-refractivity contribution < 1.29 is 23.2 Å². The number of carbonyl (C=O) groups is 1. The highest BCUT2D eigenvalue weighted by molar-refractivity contribution is 7.87. The van der Waals surface area contributed by atoms with Crippen molar-refractivity contribution in [3.05, 3.63) is 0 Å². The lowest BCUT2D eigenvalue weighted by Gasteiger charge is -2.23. The fraction of sp³-hybridized carbons (Fsp3) is 0.800. The molecule has 0 aliphatic heterocycles. The van der Waals surface area contributed by atoms with Crippen LogP contribution in [0.2, 0.25) is 0 Å². The van der Waals surface area contributed by atoms with Crippen LogP contribution in [0.5, 0.6) is 0 Å². The molecular weight excluding hydrogens is 288 g/mol. The molecule has 0 bridgehead atoms. The van der Waals surface area contributed by atoms with Gasteiger partial charge in [-0.25, -0.2) is 9.52 Å². The molecule has 0 saturated carbocycles. The van der Waals surface area contributed by atoms with Crippen LogP contribution < -0.4 is 10.5 Å². The Morgan fingerprint density at radius 1 is 1.50 bits per heavy atom. The first-order valence-electron chi connectivity index (χ1n) is 6.14. The van der Waals surface area contributed by atoms with Gasteiger partial charge in [-0.3, -0.25) is 0 Å². The number of oxime groups is 1. The summed E-state index contributed by atoms with van der Waals surface area (Å²) in [5.74, 6) is -0.0499. The minimum absolute atomic E-state index is 0.0111. The van der Waals surface area contributed by atoms with E-state index in [1.165, 1.54) is 0 Å². The number of carbonyl (C=O) groups excluding carboxylic acids is 1. The van der Waals surface area contributed by atoms with E-state index in [2.05, 4.69) is 9.89 Å². The van der Waals surface area contributed by atoms with Gasteiger partial charge in [0.05, 0.1) is 6.61 Å². The maximum Gasteiger partial charge on any atom is 0.421 e. The van der Waals surface area contributed by atoms with Gasteiger partial charge in [0.15, 0.2) is 0 Å². The third-order valence-electron chi connectivity index (χ3n) is 2.14. The van der Waals surface area contributed by atoms with E-state index in [0.717, 1.165) is 4.31 Å². The molecule has 0 aromatic heterocycles. The van der Waals surface area contributed by atoms with E-state index in [9.17, 15) is 13.2 Å². The van der Waals surface area contributed by atoms with Crippen LogP contribution in [-0.2, 0) is 14.9 Å². The molecule has 10 heteroatoms. The fourth-order valence-corrected chi connectivity index (χ4v) is 2.56. The topological polar surface area (TPSA) is 134 Å². The molecule has 0 aromatic rings. The van der Waals surface area contributed by atoms with Crippen molar-refractivity contribution in [1.29, 1.82) is 0 Å². The molecule has 0 aromatic carbocycles. The van der Waals surface area contributed by atoms with Crippen LogP contribution in [0.1, 0.15) is 27.2 Å². The molecule has 0 aliphatic rings. The van der Waals surface area contributed by atoms with Gasteiger partial charge in [0.1, 0.15) is 5.84 Å². The van der Waals surface area contributed by atoms with Crippen molar-refractivity contribution in [2.75, 3.05) is 19.7 Å². The number of amidine groups is 1. The minimum atomic E-state index is -4.03. The van der Waals surface area contributed by atoms with Gasteiger partial charge in [-0.15, -0.1) is 0 Å². The van der Waals surface area contributed by atoms with E-state index in [1.807, 2.05) is 13.8 Å². The molecule has 0 aliphatic carbocycles. The second kappa shape index (κ2) is 8.59. The van der Waals surface area contributed by atoms with Crippen molar-refractivity contribution in [3.8, 4) is 0 Å². The second-order valence-corrected chi connectivity index (χ2v) is 6.09. The Balaban J connectivity index is 4.86. The molecule has 0 fully saturated rings. The summed E-state index contributed by atoms with van der Waals surface area (Å²) in [4.78, 5) is 11.2. The van der Waals surface area contributed by atoms with Gasteiger partial charge in [-0.1, -0.05) is 19.0 Å². The number of amides is 1. The molecule has 0 unspecified atom stereocenters. The highest BCUT2D eigenvalue weighted by Gasteiger charge is 2.25. The zero-order chi connectivity index (χ0) is 15.8. The van der Waals surface area contributed by atoms with Gasteiger partial charge >= 0.3 is 16.3 Å². The Morgan fingerprint density at radius 2 is 2.10 bits per heavy atom. The Hall–Kier alpha value is -1.55. The van der Waals surface area contributed by atoms with Gasteiger partial charge in [0.25, 0.3) is 0 Å². The molecule has 20 heavy (non-hydrogen) atoms. The summed E-state index contributed by atoms with van der Waals surface area (Å²) in [5, 5.41) is 11.2.